The molecule has 3 aromatic rings. The SMILES string of the molecule is CCCn1c(=NC(=O)CCS(=O)(=O)c2ccc(F)cc2)sc2cc(Br)ccc21. The van der Waals surface area contributed by atoms with Crippen molar-refractivity contribution in [3.8, 4) is 0 Å². The molecule has 0 fully saturated rings. The molecule has 28 heavy (non-hydrogen) atoms. The van der Waals surface area contributed by atoms with Crippen molar-refractivity contribution in [1.82, 2.24) is 4.57 Å². The van der Waals surface area contributed by atoms with Crippen molar-refractivity contribution in [2.75, 3.05) is 5.75 Å². The van der Waals surface area contributed by atoms with Gasteiger partial charge in [0, 0.05) is 17.4 Å². The van der Waals surface area contributed by atoms with Crippen LogP contribution in [0.3, 0.4) is 0 Å². The van der Waals surface area contributed by atoms with Crippen LogP contribution in [0.5, 0.6) is 0 Å². The predicted octanol–water partition coefficient (Wildman–Crippen LogP) is 4.31. The number of amides is 1. The molecule has 0 unspecified atom stereocenters. The Morgan fingerprint density at radius 2 is 1.93 bits per heavy atom. The number of benzene rings is 2. The van der Waals surface area contributed by atoms with Gasteiger partial charge in [0.05, 0.1) is 20.9 Å². The van der Waals surface area contributed by atoms with Gasteiger partial charge in [-0.2, -0.15) is 4.99 Å². The van der Waals surface area contributed by atoms with Gasteiger partial charge >= 0.3 is 0 Å². The molecule has 0 radical (unpaired) electrons. The van der Waals surface area contributed by atoms with E-state index in [4.69, 9.17) is 0 Å². The summed E-state index contributed by atoms with van der Waals surface area (Å²) in [5, 5.41) is 0. The van der Waals surface area contributed by atoms with Gasteiger partial charge in [0.25, 0.3) is 0 Å². The zero-order chi connectivity index (χ0) is 20.3. The molecule has 0 aliphatic rings. The van der Waals surface area contributed by atoms with Crippen molar-refractivity contribution >= 4 is 53.2 Å². The van der Waals surface area contributed by atoms with Crippen molar-refractivity contribution in [3.05, 3.63) is 57.6 Å². The van der Waals surface area contributed by atoms with Gasteiger partial charge in [-0.1, -0.05) is 34.2 Å². The average molecular weight is 485 g/mol. The Labute approximate surface area is 174 Å². The quantitative estimate of drug-likeness (QED) is 0.489. The number of halogens is 2. The molecule has 2 aromatic carbocycles. The van der Waals surface area contributed by atoms with E-state index in [1.807, 2.05) is 29.7 Å². The van der Waals surface area contributed by atoms with Crippen LogP contribution in [-0.2, 0) is 21.2 Å². The summed E-state index contributed by atoms with van der Waals surface area (Å²) in [6.45, 7) is 2.75. The first-order valence-corrected chi connectivity index (χ1v) is 11.9. The Bertz CT molecular complexity index is 1180. The molecule has 0 saturated carbocycles. The maximum Gasteiger partial charge on any atom is 0.249 e. The molecular formula is C19H18BrFN2O3S2. The third kappa shape index (κ3) is 4.76. The van der Waals surface area contributed by atoms with Crippen LogP contribution in [-0.4, -0.2) is 24.6 Å². The summed E-state index contributed by atoms with van der Waals surface area (Å²) in [6.07, 6.45) is 0.645. The van der Waals surface area contributed by atoms with Crippen LogP contribution < -0.4 is 4.80 Å². The Morgan fingerprint density at radius 3 is 2.61 bits per heavy atom. The lowest BCUT2D eigenvalue weighted by Crippen LogP contribution is -2.18. The van der Waals surface area contributed by atoms with Crippen molar-refractivity contribution < 1.29 is 17.6 Å². The van der Waals surface area contributed by atoms with Crippen molar-refractivity contribution in [3.63, 3.8) is 0 Å². The van der Waals surface area contributed by atoms with E-state index in [2.05, 4.69) is 20.9 Å². The average Bonchev–Trinajstić information content (AvgIpc) is 2.97. The topological polar surface area (TPSA) is 68.5 Å². The zero-order valence-electron chi connectivity index (χ0n) is 15.1. The molecular weight excluding hydrogens is 467 g/mol. The van der Waals surface area contributed by atoms with Crippen LogP contribution in [0.15, 0.2) is 56.8 Å². The summed E-state index contributed by atoms with van der Waals surface area (Å²) in [4.78, 5) is 17.0. The monoisotopic (exact) mass is 484 g/mol. The number of fused-ring (bicyclic) bond motifs is 1. The molecule has 0 saturated heterocycles. The molecule has 9 heteroatoms. The Kier molecular flexibility index (Phi) is 6.47. The minimum atomic E-state index is -3.67. The molecule has 0 aliphatic carbocycles. The first-order chi connectivity index (χ1) is 13.3. The van der Waals surface area contributed by atoms with Gasteiger partial charge in [-0.3, -0.25) is 4.79 Å². The normalized spacial score (nSPS) is 12.6. The van der Waals surface area contributed by atoms with Gasteiger partial charge in [-0.15, -0.1) is 0 Å². The maximum absolute atomic E-state index is 13.0. The van der Waals surface area contributed by atoms with E-state index in [0.29, 0.717) is 11.3 Å². The van der Waals surface area contributed by atoms with Crippen LogP contribution in [0, 0.1) is 5.82 Å². The second kappa shape index (κ2) is 8.67. The summed E-state index contributed by atoms with van der Waals surface area (Å²) in [7, 11) is -3.67. The van der Waals surface area contributed by atoms with E-state index in [1.54, 1.807) is 0 Å². The second-order valence-electron chi connectivity index (χ2n) is 6.18. The number of carbonyl (C=O) groups is 1. The van der Waals surface area contributed by atoms with Crippen LogP contribution >= 0.6 is 27.3 Å². The van der Waals surface area contributed by atoms with Gasteiger partial charge < -0.3 is 4.57 Å². The van der Waals surface area contributed by atoms with Crippen LogP contribution in [0.1, 0.15) is 19.8 Å². The van der Waals surface area contributed by atoms with Gasteiger partial charge in [0.15, 0.2) is 14.6 Å². The molecule has 0 aliphatic heterocycles. The number of rotatable bonds is 6. The third-order valence-corrected chi connectivity index (χ3v) is 7.34. The molecule has 1 amide bonds. The van der Waals surface area contributed by atoms with E-state index in [0.717, 1.165) is 33.2 Å². The minimum absolute atomic E-state index is 0.00513. The molecule has 0 spiro atoms. The van der Waals surface area contributed by atoms with Crippen molar-refractivity contribution in [2.45, 2.75) is 31.2 Å². The number of aromatic nitrogens is 1. The number of nitrogens with zero attached hydrogens (tertiary/aromatic N) is 2. The first kappa shape index (κ1) is 20.9. The highest BCUT2D eigenvalue weighted by atomic mass is 79.9. The Morgan fingerprint density at radius 1 is 1.21 bits per heavy atom. The number of hydrogen-bond donors (Lipinski definition) is 0. The lowest BCUT2D eigenvalue weighted by atomic mass is 10.3. The Hall–Kier alpha value is -1.84. The summed E-state index contributed by atoms with van der Waals surface area (Å²) in [5.41, 5.74) is 0.987. The Balaban J connectivity index is 1.84. The van der Waals surface area contributed by atoms with Gasteiger partial charge in [-0.05, 0) is 48.9 Å². The van der Waals surface area contributed by atoms with Gasteiger partial charge in [-0.25, -0.2) is 12.8 Å². The largest absolute Gasteiger partial charge is 0.316 e. The fraction of sp³-hybridized carbons (Fsp3) is 0.263. The smallest absolute Gasteiger partial charge is 0.249 e. The molecule has 1 heterocycles. The van der Waals surface area contributed by atoms with Crippen molar-refractivity contribution in [1.29, 1.82) is 0 Å². The molecule has 0 N–H and O–H groups in total. The summed E-state index contributed by atoms with van der Waals surface area (Å²) < 4.78 is 41.5. The summed E-state index contributed by atoms with van der Waals surface area (Å²) >= 11 is 4.83. The van der Waals surface area contributed by atoms with Crippen molar-refractivity contribution in [2.24, 2.45) is 4.99 Å². The maximum atomic E-state index is 13.0. The highest BCUT2D eigenvalue weighted by molar-refractivity contribution is 9.10. The van der Waals surface area contributed by atoms with E-state index < -0.39 is 21.6 Å². The predicted molar refractivity (Wildman–Crippen MR) is 111 cm³/mol. The fourth-order valence-corrected chi connectivity index (χ4v) is 5.57. The van der Waals surface area contributed by atoms with E-state index in [1.165, 1.54) is 23.5 Å². The summed E-state index contributed by atoms with van der Waals surface area (Å²) in [6, 6.07) is 10.4. The van der Waals surface area contributed by atoms with E-state index >= 15 is 0 Å². The molecule has 1 aromatic heterocycles. The van der Waals surface area contributed by atoms with Crippen LogP contribution in [0.4, 0.5) is 4.39 Å². The number of hydrogen-bond acceptors (Lipinski definition) is 4. The molecule has 5 nitrogen and oxygen atoms in total. The number of thiazole rings is 1. The minimum Gasteiger partial charge on any atom is -0.316 e. The molecule has 0 atom stereocenters. The number of carbonyl (C=O) groups excluding carboxylic acids is 1. The highest BCUT2D eigenvalue weighted by Crippen LogP contribution is 2.22. The molecule has 3 rings (SSSR count). The highest BCUT2D eigenvalue weighted by Gasteiger charge is 2.17. The van der Waals surface area contributed by atoms with Crippen LogP contribution in [0.25, 0.3) is 10.2 Å². The van der Waals surface area contributed by atoms with Gasteiger partial charge in [0.2, 0.25) is 5.91 Å². The van der Waals surface area contributed by atoms with Crippen LogP contribution in [0.2, 0.25) is 0 Å². The standard InChI is InChI=1S/C19H18BrFN2O3S2/c1-2-10-23-16-8-3-13(20)12-17(16)27-19(23)22-18(24)9-11-28(25,26)15-6-4-14(21)5-7-15/h3-8,12H,2,9-11H2,1H3. The lowest BCUT2D eigenvalue weighted by molar-refractivity contribution is -0.117. The third-order valence-electron chi connectivity index (χ3n) is 4.07. The first-order valence-electron chi connectivity index (χ1n) is 8.65. The fourth-order valence-electron chi connectivity index (χ4n) is 2.72. The molecule has 0 bridgehead atoms. The second-order valence-corrected chi connectivity index (χ2v) is 10.2. The zero-order valence-corrected chi connectivity index (χ0v) is 18.3. The van der Waals surface area contributed by atoms with Gasteiger partial charge in [0.1, 0.15) is 5.82 Å². The van der Waals surface area contributed by atoms with E-state index in [-0.39, 0.29) is 17.1 Å². The lowest BCUT2D eigenvalue weighted by Gasteiger charge is -2.03. The van der Waals surface area contributed by atoms with E-state index in [9.17, 15) is 17.6 Å². The summed E-state index contributed by atoms with van der Waals surface area (Å²) in [5.74, 6) is -1.38. The number of sulfone groups is 1. The molecule has 148 valence electrons. The number of aryl methyl sites for hydroxylation is 1.